The maximum Gasteiger partial charge on any atom is 0.475 e. The molecule has 2 amide bonds. The third kappa shape index (κ3) is 9.33. The molecule has 2 saturated heterocycles. The predicted octanol–water partition coefficient (Wildman–Crippen LogP) is -3.71. The molecule has 2 aliphatic heterocycles. The second-order valence-corrected chi connectivity index (χ2v) is 13.0. The van der Waals surface area contributed by atoms with E-state index >= 15 is 0 Å². The molecule has 22 heteroatoms. The number of nitrogens with one attached hydrogen (secondary N) is 2. The quantitative estimate of drug-likeness (QED) is 0.0782. The molecule has 272 valence electrons. The second-order valence-electron chi connectivity index (χ2n) is 11.6. The van der Waals surface area contributed by atoms with Crippen LogP contribution in [0, 0.1) is 5.92 Å². The lowest BCUT2D eigenvalue weighted by molar-refractivity contribution is -0.288. The molecule has 48 heavy (non-hydrogen) atoms. The molecule has 0 aliphatic carbocycles. The minimum atomic E-state index is -5.56. The highest BCUT2D eigenvalue weighted by Crippen LogP contribution is 2.51. The van der Waals surface area contributed by atoms with Crippen molar-refractivity contribution in [1.82, 2.24) is 20.2 Å². The van der Waals surface area contributed by atoms with Gasteiger partial charge in [-0.15, -0.1) is 0 Å². The number of nitrogens with zero attached hydrogens (tertiary/aromatic N) is 2. The van der Waals surface area contributed by atoms with Crippen LogP contribution in [0.1, 0.15) is 46.3 Å². The molecular formula is C26H42N5O16P. The van der Waals surface area contributed by atoms with Gasteiger partial charge in [-0.05, 0) is 12.5 Å². The minimum Gasteiger partial charge on any atom is -0.477 e. The topological polar surface area (TPSA) is 332 Å². The molecule has 12 unspecified atom stereocenters. The number of aromatic nitrogens is 2. The Balaban J connectivity index is 1.78. The zero-order valence-electron chi connectivity index (χ0n) is 26.2. The summed E-state index contributed by atoms with van der Waals surface area (Å²) < 4.78 is 34.4. The molecule has 12 atom stereocenters. The number of phosphoric acid groups is 1. The van der Waals surface area contributed by atoms with Crippen LogP contribution in [0.2, 0.25) is 0 Å². The standard InChI is InChI=1S/C26H42N5O16P/c1-4-5-11(2)22(38)28-9-14(34)18(35)21-17(29-12(3)32)13(33)8-26(46-21,24(39)40)47-48(42,43)44-10-15-19(36)20(37)23(45-15)31-7-6-16(27)30-25(31)41/h6-7,11,13-15,17-21,23,33-37H,4-5,8-10H2,1-3H3,(H,28,38)(H,29,32)(H,39,40)(H,42,43)(H2,27,30,41). The molecule has 11 N–H and O–H groups in total. The molecule has 1 aromatic heterocycles. The van der Waals surface area contributed by atoms with Crippen molar-refractivity contribution in [3.05, 3.63) is 22.7 Å². The van der Waals surface area contributed by atoms with E-state index in [4.69, 9.17) is 24.3 Å². The fourth-order valence-corrected chi connectivity index (χ4v) is 6.23. The molecule has 3 heterocycles. The largest absolute Gasteiger partial charge is 0.477 e. The summed E-state index contributed by atoms with van der Waals surface area (Å²) in [6, 6.07) is -0.374. The molecule has 0 spiro atoms. The Hall–Kier alpha value is -3.08. The molecule has 3 rings (SSSR count). The van der Waals surface area contributed by atoms with Crippen molar-refractivity contribution in [2.45, 2.75) is 101 Å². The summed E-state index contributed by atoms with van der Waals surface area (Å²) >= 11 is 0. The van der Waals surface area contributed by atoms with Gasteiger partial charge in [0.2, 0.25) is 11.8 Å². The average molecular weight is 712 g/mol. The lowest BCUT2D eigenvalue weighted by atomic mass is 9.88. The normalized spacial score (nSPS) is 32.1. The van der Waals surface area contributed by atoms with Gasteiger partial charge in [0.05, 0.1) is 24.9 Å². The van der Waals surface area contributed by atoms with Gasteiger partial charge in [-0.2, -0.15) is 4.98 Å². The fourth-order valence-electron chi connectivity index (χ4n) is 5.27. The first-order valence-electron chi connectivity index (χ1n) is 14.9. The molecular weight excluding hydrogens is 669 g/mol. The van der Waals surface area contributed by atoms with Gasteiger partial charge >= 0.3 is 19.5 Å². The molecule has 2 fully saturated rings. The summed E-state index contributed by atoms with van der Waals surface area (Å²) in [4.78, 5) is 62.8. The van der Waals surface area contributed by atoms with Crippen molar-refractivity contribution in [3.8, 4) is 0 Å². The number of rotatable bonds is 15. The van der Waals surface area contributed by atoms with E-state index in [1.54, 1.807) is 6.92 Å². The van der Waals surface area contributed by atoms with Crippen LogP contribution >= 0.6 is 7.82 Å². The van der Waals surface area contributed by atoms with E-state index in [1.165, 1.54) is 6.07 Å². The Kier molecular flexibility index (Phi) is 13.2. The molecule has 0 saturated carbocycles. The highest BCUT2D eigenvalue weighted by Gasteiger charge is 2.59. The third-order valence-electron chi connectivity index (χ3n) is 7.78. The number of aliphatic hydroxyl groups is 5. The van der Waals surface area contributed by atoms with E-state index in [-0.39, 0.29) is 5.82 Å². The van der Waals surface area contributed by atoms with Crippen molar-refractivity contribution < 1.29 is 73.0 Å². The predicted molar refractivity (Wildman–Crippen MR) is 158 cm³/mol. The first-order valence-corrected chi connectivity index (χ1v) is 16.4. The zero-order chi connectivity index (χ0) is 36.1. The maximum atomic E-state index is 13.0. The highest BCUT2D eigenvalue weighted by molar-refractivity contribution is 7.47. The van der Waals surface area contributed by atoms with Crippen LogP contribution in [0.3, 0.4) is 0 Å². The van der Waals surface area contributed by atoms with Crippen molar-refractivity contribution in [2.24, 2.45) is 5.92 Å². The minimum absolute atomic E-state index is 0.138. The number of carbonyl (C=O) groups excluding carboxylic acids is 2. The van der Waals surface area contributed by atoms with Crippen LogP contribution in [0.15, 0.2) is 17.1 Å². The van der Waals surface area contributed by atoms with Crippen molar-refractivity contribution in [1.29, 1.82) is 0 Å². The number of nitrogen functional groups attached to an aromatic ring is 1. The molecule has 0 bridgehead atoms. The van der Waals surface area contributed by atoms with E-state index in [9.17, 15) is 59.3 Å². The van der Waals surface area contributed by atoms with Gasteiger partial charge in [-0.1, -0.05) is 20.3 Å². The molecule has 21 nitrogen and oxygen atoms in total. The number of carboxylic acid groups (broad SMARTS) is 1. The van der Waals surface area contributed by atoms with Crippen molar-refractivity contribution >= 4 is 31.4 Å². The Labute approximate surface area is 273 Å². The average Bonchev–Trinajstić information content (AvgIpc) is 3.27. The zero-order valence-corrected chi connectivity index (χ0v) is 27.1. The Morgan fingerprint density at radius 3 is 2.50 bits per heavy atom. The smallest absolute Gasteiger partial charge is 0.475 e. The van der Waals surface area contributed by atoms with Gasteiger partial charge in [0.25, 0.3) is 5.79 Å². The van der Waals surface area contributed by atoms with Gasteiger partial charge in [-0.3, -0.25) is 18.7 Å². The summed E-state index contributed by atoms with van der Waals surface area (Å²) in [5.41, 5.74) is 4.49. The van der Waals surface area contributed by atoms with Crippen LogP contribution < -0.4 is 22.1 Å². The third-order valence-corrected chi connectivity index (χ3v) is 8.78. The van der Waals surface area contributed by atoms with Gasteiger partial charge in [0, 0.05) is 32.0 Å². The lowest BCUT2D eigenvalue weighted by Gasteiger charge is -2.46. The number of amides is 2. The number of carbonyl (C=O) groups is 3. The van der Waals surface area contributed by atoms with Gasteiger partial charge in [0.1, 0.15) is 36.3 Å². The first kappa shape index (κ1) is 39.4. The number of carboxylic acids is 1. The van der Waals surface area contributed by atoms with E-state index < -0.39 is 118 Å². The fraction of sp³-hybridized carbons (Fsp3) is 0.731. The number of aliphatic carboxylic acids is 1. The molecule has 0 aromatic carbocycles. The van der Waals surface area contributed by atoms with Gasteiger partial charge in [-0.25, -0.2) is 18.7 Å². The summed E-state index contributed by atoms with van der Waals surface area (Å²) in [6.45, 7) is 2.96. The summed E-state index contributed by atoms with van der Waals surface area (Å²) in [7, 11) is -5.56. The molecule has 1 aromatic rings. The van der Waals surface area contributed by atoms with Crippen LogP contribution in [-0.4, -0.2) is 131 Å². The number of ether oxygens (including phenoxy) is 2. The number of nitrogens with two attached hydrogens (primary N) is 1. The first-order chi connectivity index (χ1) is 22.3. The maximum absolute atomic E-state index is 13.0. The number of aliphatic hydroxyl groups excluding tert-OH is 5. The Morgan fingerprint density at radius 1 is 1.25 bits per heavy atom. The Morgan fingerprint density at radius 2 is 1.92 bits per heavy atom. The summed E-state index contributed by atoms with van der Waals surface area (Å²) in [5, 5.41) is 68.0. The van der Waals surface area contributed by atoms with E-state index in [0.717, 1.165) is 17.7 Å². The number of phosphoric ester groups is 1. The summed E-state index contributed by atoms with van der Waals surface area (Å²) in [5.74, 6) is -7.11. The van der Waals surface area contributed by atoms with E-state index in [1.807, 2.05) is 6.92 Å². The highest BCUT2D eigenvalue weighted by atomic mass is 31.2. The number of hydrogen-bond acceptors (Lipinski definition) is 16. The SMILES string of the molecule is CCCC(C)C(=O)NCC(O)C(O)C1OC(OP(=O)(O)OCC2OC(n3ccc(N)nc3=O)C(O)C2O)(C(=O)O)CC(O)C1NC(C)=O. The number of hydrogen-bond donors (Lipinski definition) is 10. The van der Waals surface area contributed by atoms with Crippen LogP contribution in [-0.2, 0) is 37.5 Å². The van der Waals surface area contributed by atoms with Crippen LogP contribution in [0.4, 0.5) is 5.82 Å². The van der Waals surface area contributed by atoms with E-state index in [2.05, 4.69) is 15.6 Å². The van der Waals surface area contributed by atoms with E-state index in [0.29, 0.717) is 12.8 Å². The summed E-state index contributed by atoms with van der Waals surface area (Å²) in [6.07, 6.45) is -13.3. The molecule has 2 aliphatic rings. The monoisotopic (exact) mass is 711 g/mol. The van der Waals surface area contributed by atoms with Gasteiger partial charge < -0.3 is 61.4 Å². The van der Waals surface area contributed by atoms with Crippen LogP contribution in [0.5, 0.6) is 0 Å². The van der Waals surface area contributed by atoms with Crippen molar-refractivity contribution in [2.75, 3.05) is 18.9 Å². The van der Waals surface area contributed by atoms with Gasteiger partial charge in [0.15, 0.2) is 6.23 Å². The van der Waals surface area contributed by atoms with Crippen molar-refractivity contribution in [3.63, 3.8) is 0 Å². The number of anilines is 1. The molecule has 0 radical (unpaired) electrons. The van der Waals surface area contributed by atoms with Crippen LogP contribution in [0.25, 0.3) is 0 Å². The Bertz CT molecular complexity index is 1420. The second kappa shape index (κ2) is 16.1. The lowest BCUT2D eigenvalue weighted by Crippen LogP contribution is -2.68.